The molecule has 156 valence electrons. The number of benzene rings is 1. The van der Waals surface area contributed by atoms with Gasteiger partial charge >= 0.3 is 5.97 Å². The zero-order valence-corrected chi connectivity index (χ0v) is 17.3. The highest BCUT2D eigenvalue weighted by Gasteiger charge is 2.22. The van der Waals surface area contributed by atoms with E-state index in [1.54, 1.807) is 32.9 Å². The van der Waals surface area contributed by atoms with Gasteiger partial charge in [0.15, 0.2) is 6.61 Å². The van der Waals surface area contributed by atoms with Crippen molar-refractivity contribution in [1.29, 1.82) is 0 Å². The summed E-state index contributed by atoms with van der Waals surface area (Å²) in [4.78, 5) is 40.6. The van der Waals surface area contributed by atoms with Gasteiger partial charge < -0.3 is 25.0 Å². The van der Waals surface area contributed by atoms with Crippen LogP contribution >= 0.6 is 0 Å². The second-order valence-corrected chi connectivity index (χ2v) is 7.08. The van der Waals surface area contributed by atoms with E-state index in [0.29, 0.717) is 22.5 Å². The van der Waals surface area contributed by atoms with Crippen molar-refractivity contribution in [3.8, 4) is 0 Å². The molecule has 0 aliphatic rings. The number of H-pyrrole nitrogens is 1. The monoisotopic (exact) mass is 401 g/mol. The van der Waals surface area contributed by atoms with Crippen molar-refractivity contribution in [3.05, 3.63) is 52.3 Å². The number of carbonyl (C=O) groups is 3. The molecule has 8 nitrogen and oxygen atoms in total. The van der Waals surface area contributed by atoms with Crippen molar-refractivity contribution >= 4 is 23.5 Å². The molecular formula is C21H27N3O5. The summed E-state index contributed by atoms with van der Waals surface area (Å²) in [5.41, 5.74) is 3.80. The Balaban J connectivity index is 1.88. The summed E-state index contributed by atoms with van der Waals surface area (Å²) in [6, 6.07) is 7.30. The number of aromatic nitrogens is 1. The maximum Gasteiger partial charge on any atom is 0.355 e. The first-order valence-electron chi connectivity index (χ1n) is 9.24. The molecule has 8 heteroatoms. The minimum absolute atomic E-state index is 0.170. The number of nitrogens with zero attached hydrogens (tertiary/aromatic N) is 1. The van der Waals surface area contributed by atoms with Gasteiger partial charge in [0.05, 0.1) is 12.6 Å². The minimum Gasteiger partial charge on any atom is -0.451 e. The van der Waals surface area contributed by atoms with Crippen LogP contribution in [0, 0.1) is 20.8 Å². The molecule has 0 bridgehead atoms. The number of aliphatic hydroxyl groups excluding tert-OH is 1. The van der Waals surface area contributed by atoms with E-state index in [1.165, 1.54) is 11.9 Å². The number of likely N-dealkylation sites (N-methyl/N-ethyl adjacent to an activating group) is 1. The molecule has 0 radical (unpaired) electrons. The lowest BCUT2D eigenvalue weighted by Crippen LogP contribution is -2.37. The molecule has 0 aliphatic heterocycles. The Morgan fingerprint density at radius 2 is 1.79 bits per heavy atom. The molecule has 0 unspecified atom stereocenters. The van der Waals surface area contributed by atoms with E-state index in [1.807, 2.05) is 19.1 Å². The third-order valence-corrected chi connectivity index (χ3v) is 4.59. The predicted octanol–water partition coefficient (Wildman–Crippen LogP) is 2.25. The minimum atomic E-state index is -0.729. The molecule has 1 aromatic carbocycles. The number of rotatable bonds is 7. The Kier molecular flexibility index (Phi) is 7.17. The highest BCUT2D eigenvalue weighted by Crippen LogP contribution is 2.24. The number of carbonyl (C=O) groups excluding carboxylic acids is 3. The van der Waals surface area contributed by atoms with E-state index in [9.17, 15) is 19.5 Å². The smallest absolute Gasteiger partial charge is 0.355 e. The first-order valence-corrected chi connectivity index (χ1v) is 9.24. The van der Waals surface area contributed by atoms with Crippen LogP contribution in [-0.4, -0.2) is 53.0 Å². The Hall–Kier alpha value is -3.13. The van der Waals surface area contributed by atoms with Crippen LogP contribution in [0.2, 0.25) is 0 Å². The van der Waals surface area contributed by atoms with Gasteiger partial charge in [-0.15, -0.1) is 0 Å². The van der Waals surface area contributed by atoms with Crippen molar-refractivity contribution < 1.29 is 24.2 Å². The number of esters is 1. The maximum atomic E-state index is 12.3. The quantitative estimate of drug-likeness (QED) is 0.616. The number of nitrogens with one attached hydrogen (secondary N) is 2. The molecule has 1 aromatic heterocycles. The Morgan fingerprint density at radius 1 is 1.17 bits per heavy atom. The molecule has 3 N–H and O–H groups in total. The lowest BCUT2D eigenvalue weighted by atomic mass is 10.1. The van der Waals surface area contributed by atoms with Gasteiger partial charge in [0, 0.05) is 24.0 Å². The van der Waals surface area contributed by atoms with Gasteiger partial charge in [0.2, 0.25) is 5.91 Å². The summed E-state index contributed by atoms with van der Waals surface area (Å²) in [5.74, 6) is -1.55. The molecule has 2 rings (SSSR count). The molecule has 2 amide bonds. The Labute approximate surface area is 169 Å². The SMILES string of the molecule is Cc1ccc(NC(=O)CN(C)C(=O)COC(=O)c2[nH]c(C)c([C@@H](C)O)c2C)cc1. The highest BCUT2D eigenvalue weighted by molar-refractivity contribution is 5.95. The topological polar surface area (TPSA) is 112 Å². The Bertz CT molecular complexity index is 900. The summed E-state index contributed by atoms with van der Waals surface area (Å²) in [7, 11) is 1.46. The van der Waals surface area contributed by atoms with E-state index in [4.69, 9.17) is 4.74 Å². The van der Waals surface area contributed by atoms with Gasteiger partial charge in [-0.05, 0) is 45.4 Å². The molecule has 0 saturated heterocycles. The zero-order chi connectivity index (χ0) is 21.7. The first-order chi connectivity index (χ1) is 13.6. The lowest BCUT2D eigenvalue weighted by Gasteiger charge is -2.17. The summed E-state index contributed by atoms with van der Waals surface area (Å²) >= 11 is 0. The number of amides is 2. The maximum absolute atomic E-state index is 12.3. The number of hydrogen-bond donors (Lipinski definition) is 3. The highest BCUT2D eigenvalue weighted by atomic mass is 16.5. The van der Waals surface area contributed by atoms with Gasteiger partial charge in [-0.1, -0.05) is 17.7 Å². The number of aromatic amines is 1. The first kappa shape index (κ1) is 22.2. The van der Waals surface area contributed by atoms with Gasteiger partial charge in [-0.25, -0.2) is 4.79 Å². The molecule has 1 atom stereocenters. The normalized spacial score (nSPS) is 11.7. The fraction of sp³-hybridized carbons (Fsp3) is 0.381. The van der Waals surface area contributed by atoms with E-state index in [2.05, 4.69) is 10.3 Å². The summed E-state index contributed by atoms with van der Waals surface area (Å²) in [6.45, 7) is 6.34. The van der Waals surface area contributed by atoms with Gasteiger partial charge in [0.25, 0.3) is 5.91 Å². The fourth-order valence-electron chi connectivity index (χ4n) is 3.05. The third kappa shape index (κ3) is 5.68. The lowest BCUT2D eigenvalue weighted by molar-refractivity contribution is -0.136. The van der Waals surface area contributed by atoms with Crippen LogP contribution in [0.3, 0.4) is 0 Å². The summed E-state index contributed by atoms with van der Waals surface area (Å²) in [5, 5.41) is 12.5. The molecule has 0 fully saturated rings. The van der Waals surface area contributed by atoms with Crippen LogP contribution in [0.1, 0.15) is 45.9 Å². The van der Waals surface area contributed by atoms with E-state index >= 15 is 0 Å². The number of hydrogen-bond acceptors (Lipinski definition) is 5. The van der Waals surface area contributed by atoms with Crippen LogP contribution in [0.4, 0.5) is 5.69 Å². The second-order valence-electron chi connectivity index (χ2n) is 7.08. The van der Waals surface area contributed by atoms with Crippen LogP contribution in [0.5, 0.6) is 0 Å². The van der Waals surface area contributed by atoms with Gasteiger partial charge in [-0.3, -0.25) is 9.59 Å². The average molecular weight is 401 g/mol. The van der Waals surface area contributed by atoms with Crippen molar-refractivity contribution in [2.24, 2.45) is 0 Å². The standard InChI is InChI=1S/C21H27N3O5/c1-12-6-8-16(9-7-12)23-17(26)10-24(5)18(27)11-29-21(28)20-13(2)19(15(4)25)14(3)22-20/h6-9,15,22,25H,10-11H2,1-5H3,(H,23,26)/t15-/m1/s1. The largest absolute Gasteiger partial charge is 0.451 e. The summed E-state index contributed by atoms with van der Waals surface area (Å²) in [6.07, 6.45) is -0.729. The third-order valence-electron chi connectivity index (χ3n) is 4.59. The van der Waals surface area contributed by atoms with Gasteiger partial charge in [0.1, 0.15) is 5.69 Å². The molecule has 1 heterocycles. The number of aryl methyl sites for hydroxylation is 2. The van der Waals surface area contributed by atoms with Crippen LogP contribution < -0.4 is 5.32 Å². The van der Waals surface area contributed by atoms with Crippen LogP contribution in [0.25, 0.3) is 0 Å². The van der Waals surface area contributed by atoms with Crippen molar-refractivity contribution in [3.63, 3.8) is 0 Å². The predicted molar refractivity (Wildman–Crippen MR) is 109 cm³/mol. The molecule has 0 spiro atoms. The van der Waals surface area contributed by atoms with Crippen molar-refractivity contribution in [2.75, 3.05) is 25.5 Å². The van der Waals surface area contributed by atoms with E-state index < -0.39 is 24.6 Å². The molecule has 2 aromatic rings. The number of aliphatic hydroxyl groups is 1. The number of anilines is 1. The zero-order valence-electron chi connectivity index (χ0n) is 17.3. The van der Waals surface area contributed by atoms with E-state index in [-0.39, 0.29) is 18.1 Å². The van der Waals surface area contributed by atoms with Crippen molar-refractivity contribution in [1.82, 2.24) is 9.88 Å². The Morgan fingerprint density at radius 3 is 2.34 bits per heavy atom. The molecule has 0 aliphatic carbocycles. The fourth-order valence-corrected chi connectivity index (χ4v) is 3.05. The van der Waals surface area contributed by atoms with Crippen LogP contribution in [-0.2, 0) is 14.3 Å². The number of ether oxygens (including phenoxy) is 1. The van der Waals surface area contributed by atoms with Gasteiger partial charge in [-0.2, -0.15) is 0 Å². The second kappa shape index (κ2) is 9.38. The average Bonchev–Trinajstić information content (AvgIpc) is 2.95. The van der Waals surface area contributed by atoms with E-state index in [0.717, 1.165) is 5.56 Å². The molecular weight excluding hydrogens is 374 g/mol. The molecule has 0 saturated carbocycles. The molecule has 29 heavy (non-hydrogen) atoms. The van der Waals surface area contributed by atoms with Crippen molar-refractivity contribution in [2.45, 2.75) is 33.8 Å². The van der Waals surface area contributed by atoms with Crippen LogP contribution in [0.15, 0.2) is 24.3 Å². The summed E-state index contributed by atoms with van der Waals surface area (Å²) < 4.78 is 5.08.